The van der Waals surface area contributed by atoms with E-state index in [-0.39, 0.29) is 214 Å². The van der Waals surface area contributed by atoms with Crippen molar-refractivity contribution in [1.29, 1.82) is 0 Å². The SMILES string of the molecule is C.C.C.COC(=O)[C@@H]1CC2=CC(=O)CC[C@]2(C)C2[C@@H]1[C@@H]1CCC3(CCC(=O)O3)[C@@]1(C)C[C@H]2O.Cc1ccc([C@@H]2C=C3CC(=O)CC[C@]3(C)C3[C@@H]2[C@@H]2CCC4(CCC(=O)O4)[C@@]2(C)C[C@H]3O)o1.Cc1ccc([C@@H]2C=C3C[C@@H](O)CC[C@]3(C)C3[C@@H]2[C@@H]2CCC4(CCC(O)O4)[C@@]2(C)C[C@H]3O)o1.Cc1ccc([C@@H]2CC3=CC(=O)CC[C@]3(C)C3[C@@H]2[C@@H]2CCC4(CCC(=O)O4)[C@@]2(C)C[C@H]3O)o1.[I-]. The fourth-order valence-electron chi connectivity index (χ4n) is 35.2. The third-order valence-electron chi connectivity index (χ3n) is 41.2. The molecular formula is C108H150IO21-. The average molecular weight is 1910 g/mol. The van der Waals surface area contributed by atoms with E-state index in [2.05, 4.69) is 85.7 Å². The van der Waals surface area contributed by atoms with Gasteiger partial charge in [-0.2, -0.15) is 0 Å². The number of hydrogen-bond donors (Lipinski definition) is 6. The molecular weight excluding hydrogens is 1760 g/mol. The molecule has 130 heavy (non-hydrogen) atoms. The number of esters is 4. The first kappa shape index (κ1) is 97.2. The summed E-state index contributed by atoms with van der Waals surface area (Å²) in [7, 11) is 1.42. The summed E-state index contributed by atoms with van der Waals surface area (Å²) in [5, 5.41) is 67.7. The maximum absolute atomic E-state index is 12.9. The van der Waals surface area contributed by atoms with Crippen LogP contribution in [0.1, 0.15) is 335 Å². The number of aryl methyl sites for hydroxylation is 3. The number of ether oxygens (including phenoxy) is 5. The van der Waals surface area contributed by atoms with Gasteiger partial charge in [0.05, 0.1) is 49.1 Å². The van der Waals surface area contributed by atoms with Crippen LogP contribution in [-0.4, -0.2) is 138 Å². The number of aliphatic hydroxyl groups is 6. The Morgan fingerprint density at radius 1 is 0.392 bits per heavy atom. The lowest BCUT2D eigenvalue weighted by molar-refractivity contribution is -0.213. The zero-order chi connectivity index (χ0) is 88.9. The second kappa shape index (κ2) is 33.8. The predicted molar refractivity (Wildman–Crippen MR) is 482 cm³/mol. The first-order valence-electron chi connectivity index (χ1n) is 48.8. The van der Waals surface area contributed by atoms with Crippen LogP contribution in [0, 0.1) is 141 Å². The molecule has 6 N–H and O–H groups in total. The predicted octanol–water partition coefficient (Wildman–Crippen LogP) is 16.0. The van der Waals surface area contributed by atoms with Crippen molar-refractivity contribution in [2.24, 2.45) is 120 Å². The molecule has 4 aliphatic heterocycles. The van der Waals surface area contributed by atoms with Crippen molar-refractivity contribution in [1.82, 2.24) is 0 Å². The number of halogens is 1. The molecule has 16 aliphatic carbocycles. The Bertz CT molecular complexity index is 5060. The lowest BCUT2D eigenvalue weighted by atomic mass is 9.43. The minimum absolute atomic E-state index is 0. The number of furan rings is 3. The number of methoxy groups -OCH3 is 1. The summed E-state index contributed by atoms with van der Waals surface area (Å²) in [6.07, 6.45) is 28.8. The first-order chi connectivity index (χ1) is 59.7. The van der Waals surface area contributed by atoms with Crippen LogP contribution >= 0.6 is 0 Å². The molecule has 0 radical (unpaired) electrons. The van der Waals surface area contributed by atoms with Crippen molar-refractivity contribution < 1.29 is 125 Å². The van der Waals surface area contributed by atoms with Gasteiger partial charge in [0.15, 0.2) is 17.9 Å². The Balaban J connectivity index is 0.000000126. The number of carbonyl (C=O) groups excluding carboxylic acids is 7. The molecule has 23 rings (SSSR count). The molecule has 4 saturated heterocycles. The summed E-state index contributed by atoms with van der Waals surface area (Å²) in [6, 6.07) is 12.3. The summed E-state index contributed by atoms with van der Waals surface area (Å²) < 4.78 is 48.1. The molecule has 12 saturated carbocycles. The second-order valence-electron chi connectivity index (χ2n) is 46.2. The summed E-state index contributed by atoms with van der Waals surface area (Å²) in [4.78, 5) is 86.4. The van der Waals surface area contributed by atoms with Crippen LogP contribution in [0.2, 0.25) is 0 Å². The molecule has 22 heteroatoms. The van der Waals surface area contributed by atoms with Crippen molar-refractivity contribution >= 4 is 41.2 Å². The van der Waals surface area contributed by atoms with E-state index in [0.717, 1.165) is 149 Å². The zero-order valence-electron chi connectivity index (χ0n) is 76.8. The van der Waals surface area contributed by atoms with Gasteiger partial charge in [-0.3, -0.25) is 33.6 Å². The molecule has 716 valence electrons. The number of allylic oxidation sites excluding steroid dienone is 5. The van der Waals surface area contributed by atoms with E-state index in [1.807, 2.05) is 45.0 Å². The highest BCUT2D eigenvalue weighted by Gasteiger charge is 2.76. The van der Waals surface area contributed by atoms with Gasteiger partial charge in [-0.05, 0) is 316 Å². The molecule has 3 aromatic rings. The van der Waals surface area contributed by atoms with Gasteiger partial charge in [-0.1, -0.05) is 112 Å². The maximum Gasteiger partial charge on any atom is 0.309 e. The van der Waals surface area contributed by atoms with Crippen molar-refractivity contribution in [3.8, 4) is 0 Å². The van der Waals surface area contributed by atoms with Crippen molar-refractivity contribution in [2.75, 3.05) is 7.11 Å². The molecule has 9 unspecified atom stereocenters. The fraction of sp³-hybridized carbons (Fsp3) is 0.750. The van der Waals surface area contributed by atoms with Crippen LogP contribution in [0.5, 0.6) is 0 Å². The quantitative estimate of drug-likeness (QED) is 0.0612. The minimum Gasteiger partial charge on any atom is -1.00 e. The molecule has 21 nitrogen and oxygen atoms in total. The number of fused-ring (bicyclic) bond motifs is 24. The highest BCUT2D eigenvalue weighted by atomic mass is 127. The Labute approximate surface area is 787 Å². The minimum atomic E-state index is -0.681. The third kappa shape index (κ3) is 14.2. The lowest BCUT2D eigenvalue weighted by Crippen LogP contribution is -3.00. The zero-order valence-corrected chi connectivity index (χ0v) is 78.9. The number of hydrogen-bond acceptors (Lipinski definition) is 21. The van der Waals surface area contributed by atoms with E-state index in [0.29, 0.717) is 120 Å². The molecule has 0 amide bonds. The highest BCUT2D eigenvalue weighted by molar-refractivity contribution is 5.92. The Morgan fingerprint density at radius 2 is 0.762 bits per heavy atom. The number of rotatable bonds is 4. The number of carbonyl (C=O) groups is 7. The molecule has 0 aromatic carbocycles. The monoisotopic (exact) mass is 1910 g/mol. The van der Waals surface area contributed by atoms with E-state index < -0.39 is 47.5 Å². The topological polar surface area (TPSA) is 326 Å². The fourth-order valence-corrected chi connectivity index (χ4v) is 35.2. The van der Waals surface area contributed by atoms with Crippen molar-refractivity contribution in [3.63, 3.8) is 0 Å². The second-order valence-corrected chi connectivity index (χ2v) is 46.2. The summed E-state index contributed by atoms with van der Waals surface area (Å²) in [6.45, 7) is 24.0. The van der Waals surface area contributed by atoms with Gasteiger partial charge >= 0.3 is 23.9 Å². The number of ketones is 3. The molecule has 20 aliphatic rings. The Morgan fingerprint density at radius 3 is 1.18 bits per heavy atom. The van der Waals surface area contributed by atoms with Crippen LogP contribution in [0.3, 0.4) is 0 Å². The van der Waals surface area contributed by atoms with Crippen molar-refractivity contribution in [2.45, 2.75) is 381 Å². The van der Waals surface area contributed by atoms with Gasteiger partial charge < -0.3 is 91.6 Å². The van der Waals surface area contributed by atoms with Crippen LogP contribution in [-0.2, 0) is 57.2 Å². The molecule has 0 bridgehead atoms. The Kier molecular flexibility index (Phi) is 25.3. The van der Waals surface area contributed by atoms with Gasteiger partial charge in [-0.25, -0.2) is 0 Å². The van der Waals surface area contributed by atoms with Crippen LogP contribution in [0.4, 0.5) is 0 Å². The van der Waals surface area contributed by atoms with Gasteiger partial charge in [0.2, 0.25) is 0 Å². The van der Waals surface area contributed by atoms with Gasteiger partial charge in [0, 0.05) is 90.8 Å². The number of Topliss-reactive ketones (excluding diaryl/α,β-unsaturated/α-hetero) is 1. The first-order valence-corrected chi connectivity index (χ1v) is 48.8. The summed E-state index contributed by atoms with van der Waals surface area (Å²) in [5.41, 5.74) is 1.23. The van der Waals surface area contributed by atoms with E-state index in [4.69, 9.17) is 36.9 Å². The van der Waals surface area contributed by atoms with Crippen LogP contribution < -0.4 is 24.0 Å². The van der Waals surface area contributed by atoms with E-state index in [1.165, 1.54) is 23.8 Å². The van der Waals surface area contributed by atoms with E-state index in [1.54, 1.807) is 6.08 Å². The average Bonchev–Trinajstić information content (AvgIpc) is 1.55. The molecule has 16 fully saturated rings. The van der Waals surface area contributed by atoms with E-state index >= 15 is 0 Å². The third-order valence-corrected chi connectivity index (χ3v) is 41.2. The van der Waals surface area contributed by atoms with Crippen molar-refractivity contribution in [3.05, 3.63) is 118 Å². The smallest absolute Gasteiger partial charge is 0.309 e. The Hall–Kier alpha value is -5.86. The van der Waals surface area contributed by atoms with Gasteiger partial charge in [0.1, 0.15) is 57.1 Å². The molecule has 3 aromatic heterocycles. The molecule has 34 atom stereocenters. The highest BCUT2D eigenvalue weighted by Crippen LogP contribution is 2.78. The molecule has 4 spiro atoms. The van der Waals surface area contributed by atoms with E-state index in [9.17, 15) is 64.2 Å². The largest absolute Gasteiger partial charge is 1.00 e. The maximum atomic E-state index is 12.9. The standard InChI is InChI=1S/C27H38O5.2C27H34O5.C24H32O6.3CH4.HI/c3*1-15-4-5-21(31-15)18-13-16-12-17(28)6-9-25(16,2)24-20(29)14-26(3)19(23(18)24)7-10-27(26)11-8-22(30)32-27;1-22-7-4-14(25)10-13(22)11-15(21(28)29-3)19-16-5-8-24(9-6-18(27)30-24)23(16,2)12-17(26)20(19)22;;;;/h4-5,13,17-20,22-24,28-30H,6-12,14H2,1-3H3;4-5,13,18-20,23-24,29H,6-12,14H2,1-3H3;4-5,12,18-20,23-24,29H,6-11,13-14H2,1-3H3;10,15-17,19-20,26H,4-9,11-12H2,1-3H3;3*1H4;1H/p-1/t17-,18-,19-,20+,22?,23-,24?,25-,26-,27?;2*18-,19-,20+,23-,24?,25-,26-,27?;15-,16+,17-,19+,20?,22+,23+,24?;;;;/m0001..../s1. The normalized spacial score (nSPS) is 47.8. The van der Waals surface area contributed by atoms with Gasteiger partial charge in [0.25, 0.3) is 0 Å². The van der Waals surface area contributed by atoms with Gasteiger partial charge in [-0.15, -0.1) is 0 Å². The number of aliphatic hydroxyl groups excluding tert-OH is 6. The van der Waals surface area contributed by atoms with Crippen LogP contribution in [0.15, 0.2) is 96.2 Å². The van der Waals surface area contributed by atoms with Crippen LogP contribution in [0.25, 0.3) is 0 Å². The summed E-state index contributed by atoms with van der Waals surface area (Å²) >= 11 is 0. The molecule has 7 heterocycles. The summed E-state index contributed by atoms with van der Waals surface area (Å²) in [5.74, 6) is 7.64. The lowest BCUT2D eigenvalue weighted by Gasteiger charge is -2.62.